The van der Waals surface area contributed by atoms with Crippen molar-refractivity contribution in [2.24, 2.45) is 10.2 Å². The van der Waals surface area contributed by atoms with Crippen molar-refractivity contribution >= 4 is 11.6 Å². The Bertz CT molecular complexity index is 705. The van der Waals surface area contributed by atoms with Crippen LogP contribution in [-0.4, -0.2) is 20.0 Å². The maximum atomic E-state index is 11.7. The maximum absolute atomic E-state index is 11.7. The summed E-state index contributed by atoms with van der Waals surface area (Å²) in [5.41, 5.74) is 5.84. The van der Waals surface area contributed by atoms with Crippen LogP contribution < -0.4 is 5.32 Å². The molecule has 4 heteroatoms. The van der Waals surface area contributed by atoms with Crippen LogP contribution in [0.4, 0.5) is 5.69 Å². The van der Waals surface area contributed by atoms with E-state index in [1.807, 2.05) is 44.2 Å². The lowest BCUT2D eigenvalue weighted by Gasteiger charge is -2.10. The Kier molecular flexibility index (Phi) is 4.48. The number of rotatable bonds is 3. The monoisotopic (exact) mass is 281 g/mol. The summed E-state index contributed by atoms with van der Waals surface area (Å²) in [5, 5.41) is 10.6. The molecule has 4 nitrogen and oxygen atoms in total. The van der Waals surface area contributed by atoms with Gasteiger partial charge < -0.3 is 5.32 Å². The minimum atomic E-state index is -0.0750. The van der Waals surface area contributed by atoms with Crippen LogP contribution in [0, 0.1) is 13.8 Å². The number of carbonyl (C=O) groups is 1. The molecule has 108 valence electrons. The molecule has 0 saturated heterocycles. The van der Waals surface area contributed by atoms with Crippen LogP contribution in [0.1, 0.15) is 21.5 Å². The van der Waals surface area contributed by atoms with E-state index >= 15 is 0 Å². The van der Waals surface area contributed by atoms with Gasteiger partial charge in [0.1, 0.15) is 0 Å². The summed E-state index contributed by atoms with van der Waals surface area (Å²) >= 11 is 0. The summed E-state index contributed by atoms with van der Waals surface area (Å²) in [7, 11) is 3.29. The van der Waals surface area contributed by atoms with Gasteiger partial charge in [0.25, 0.3) is 5.91 Å². The van der Waals surface area contributed by atoms with E-state index in [1.54, 1.807) is 14.1 Å². The first-order valence-corrected chi connectivity index (χ1v) is 6.80. The van der Waals surface area contributed by atoms with Gasteiger partial charge in [-0.15, -0.1) is 0 Å². The SMILES string of the molecule is CN=Nc1cc(-c2ccc(C(=O)NC)cc2C)ccc1C. The van der Waals surface area contributed by atoms with Crippen molar-refractivity contribution in [3.05, 3.63) is 53.1 Å². The third-order valence-corrected chi connectivity index (χ3v) is 3.44. The molecule has 1 amide bonds. The highest BCUT2D eigenvalue weighted by Crippen LogP contribution is 2.30. The molecule has 0 spiro atoms. The lowest BCUT2D eigenvalue weighted by atomic mass is 9.97. The van der Waals surface area contributed by atoms with E-state index in [4.69, 9.17) is 0 Å². The first-order valence-electron chi connectivity index (χ1n) is 6.80. The predicted molar refractivity (Wildman–Crippen MR) is 85.2 cm³/mol. The molecule has 2 rings (SSSR count). The maximum Gasteiger partial charge on any atom is 0.251 e. The van der Waals surface area contributed by atoms with Gasteiger partial charge >= 0.3 is 0 Å². The van der Waals surface area contributed by atoms with E-state index in [9.17, 15) is 4.79 Å². The molecule has 0 aliphatic heterocycles. The third kappa shape index (κ3) is 3.16. The van der Waals surface area contributed by atoms with E-state index in [0.717, 1.165) is 27.9 Å². The van der Waals surface area contributed by atoms with Gasteiger partial charge in [-0.25, -0.2) is 0 Å². The second kappa shape index (κ2) is 6.31. The van der Waals surface area contributed by atoms with Crippen molar-refractivity contribution in [2.75, 3.05) is 14.1 Å². The summed E-state index contributed by atoms with van der Waals surface area (Å²) in [6.45, 7) is 4.01. The average Bonchev–Trinajstić information content (AvgIpc) is 2.49. The van der Waals surface area contributed by atoms with Gasteiger partial charge in [0, 0.05) is 19.7 Å². The highest BCUT2D eigenvalue weighted by atomic mass is 16.1. The first-order chi connectivity index (χ1) is 10.1. The molecule has 0 fully saturated rings. The number of nitrogens with zero attached hydrogens (tertiary/aromatic N) is 2. The van der Waals surface area contributed by atoms with E-state index in [2.05, 4.69) is 21.6 Å². The second-order valence-corrected chi connectivity index (χ2v) is 4.91. The van der Waals surface area contributed by atoms with E-state index < -0.39 is 0 Å². The molecule has 21 heavy (non-hydrogen) atoms. The highest BCUT2D eigenvalue weighted by molar-refractivity contribution is 5.95. The van der Waals surface area contributed by atoms with Gasteiger partial charge in [-0.05, 0) is 54.3 Å². The number of amides is 1. The molecule has 0 bridgehead atoms. The van der Waals surface area contributed by atoms with Crippen molar-refractivity contribution in [1.29, 1.82) is 0 Å². The molecule has 0 aliphatic carbocycles. The third-order valence-electron chi connectivity index (χ3n) is 3.44. The van der Waals surface area contributed by atoms with Crippen LogP contribution in [0.25, 0.3) is 11.1 Å². The first kappa shape index (κ1) is 14.9. The van der Waals surface area contributed by atoms with Gasteiger partial charge in [0.05, 0.1) is 5.69 Å². The van der Waals surface area contributed by atoms with E-state index in [1.165, 1.54) is 0 Å². The van der Waals surface area contributed by atoms with Gasteiger partial charge in [-0.3, -0.25) is 4.79 Å². The fourth-order valence-corrected chi connectivity index (χ4v) is 2.27. The van der Waals surface area contributed by atoms with Crippen molar-refractivity contribution in [3.8, 4) is 11.1 Å². The van der Waals surface area contributed by atoms with Crippen LogP contribution in [-0.2, 0) is 0 Å². The Balaban J connectivity index is 2.47. The minimum absolute atomic E-state index is 0.0750. The Morgan fingerprint density at radius 2 is 1.81 bits per heavy atom. The zero-order chi connectivity index (χ0) is 15.4. The molecule has 1 N–H and O–H groups in total. The smallest absolute Gasteiger partial charge is 0.251 e. The number of carbonyl (C=O) groups excluding carboxylic acids is 1. The summed E-state index contributed by atoms with van der Waals surface area (Å²) in [6.07, 6.45) is 0. The standard InChI is InChI=1S/C17H19N3O/c1-11-5-6-13(10-16(11)20-19-4)15-8-7-14(9-12(15)2)17(21)18-3/h5-10H,1-4H3,(H,18,21). The fraction of sp³-hybridized carbons (Fsp3) is 0.235. The summed E-state index contributed by atoms with van der Waals surface area (Å²) in [6, 6.07) is 11.8. The molecule has 0 saturated carbocycles. The lowest BCUT2D eigenvalue weighted by Crippen LogP contribution is -2.17. The van der Waals surface area contributed by atoms with E-state index in [0.29, 0.717) is 5.56 Å². The number of aryl methyl sites for hydroxylation is 2. The zero-order valence-corrected chi connectivity index (χ0v) is 12.8. The molecular formula is C17H19N3O. The van der Waals surface area contributed by atoms with Gasteiger partial charge in [0.2, 0.25) is 0 Å². The highest BCUT2D eigenvalue weighted by Gasteiger charge is 2.08. The minimum Gasteiger partial charge on any atom is -0.355 e. The Morgan fingerprint density at radius 1 is 1.05 bits per heavy atom. The molecule has 0 unspecified atom stereocenters. The molecular weight excluding hydrogens is 262 g/mol. The zero-order valence-electron chi connectivity index (χ0n) is 12.8. The Morgan fingerprint density at radius 3 is 2.43 bits per heavy atom. The predicted octanol–water partition coefficient (Wildman–Crippen LogP) is 4.04. The van der Waals surface area contributed by atoms with Crippen LogP contribution >= 0.6 is 0 Å². The molecule has 2 aromatic carbocycles. The molecule has 2 aromatic rings. The van der Waals surface area contributed by atoms with Gasteiger partial charge in [-0.1, -0.05) is 18.2 Å². The topological polar surface area (TPSA) is 53.8 Å². The number of benzene rings is 2. The number of hydrogen-bond donors (Lipinski definition) is 1. The van der Waals surface area contributed by atoms with Gasteiger partial charge in [-0.2, -0.15) is 10.2 Å². The number of azo groups is 1. The van der Waals surface area contributed by atoms with Crippen LogP contribution in [0.2, 0.25) is 0 Å². The van der Waals surface area contributed by atoms with E-state index in [-0.39, 0.29) is 5.91 Å². The van der Waals surface area contributed by atoms with Crippen molar-refractivity contribution in [2.45, 2.75) is 13.8 Å². The molecule has 0 aliphatic rings. The van der Waals surface area contributed by atoms with Crippen LogP contribution in [0.15, 0.2) is 46.6 Å². The fourth-order valence-electron chi connectivity index (χ4n) is 2.27. The largest absolute Gasteiger partial charge is 0.355 e. The van der Waals surface area contributed by atoms with Crippen LogP contribution in [0.5, 0.6) is 0 Å². The summed E-state index contributed by atoms with van der Waals surface area (Å²) in [5.74, 6) is -0.0750. The van der Waals surface area contributed by atoms with Crippen LogP contribution in [0.3, 0.4) is 0 Å². The second-order valence-electron chi connectivity index (χ2n) is 4.91. The Labute approximate surface area is 124 Å². The quantitative estimate of drug-likeness (QED) is 0.848. The Hall–Kier alpha value is -2.49. The summed E-state index contributed by atoms with van der Waals surface area (Å²) in [4.78, 5) is 11.7. The normalized spacial score (nSPS) is 10.9. The van der Waals surface area contributed by atoms with Crippen molar-refractivity contribution in [3.63, 3.8) is 0 Å². The number of nitrogens with one attached hydrogen (secondary N) is 1. The molecule has 0 heterocycles. The molecule has 0 radical (unpaired) electrons. The van der Waals surface area contributed by atoms with Crippen molar-refractivity contribution in [1.82, 2.24) is 5.32 Å². The lowest BCUT2D eigenvalue weighted by molar-refractivity contribution is 0.0963. The number of hydrogen-bond acceptors (Lipinski definition) is 3. The summed E-state index contributed by atoms with van der Waals surface area (Å²) < 4.78 is 0. The molecule has 0 atom stereocenters. The van der Waals surface area contributed by atoms with Crippen molar-refractivity contribution < 1.29 is 4.79 Å². The molecule has 0 aromatic heterocycles. The van der Waals surface area contributed by atoms with Gasteiger partial charge in [0.15, 0.2) is 0 Å². The average molecular weight is 281 g/mol.